The first-order valence-electron chi connectivity index (χ1n) is 22.4. The van der Waals surface area contributed by atoms with Gasteiger partial charge in [0.05, 0.1) is 22.3 Å². The molecule has 0 aromatic heterocycles. The third kappa shape index (κ3) is 11.2. The van der Waals surface area contributed by atoms with Crippen LogP contribution in [0.25, 0.3) is 21.5 Å². The Bertz CT molecular complexity index is 3260. The van der Waals surface area contributed by atoms with Crippen molar-refractivity contribution in [1.29, 1.82) is 0 Å². The fraction of sp³-hybridized carbons (Fsp3) is 0.0862. The van der Waals surface area contributed by atoms with Crippen molar-refractivity contribution in [3.8, 4) is 11.2 Å². The zero-order valence-electron chi connectivity index (χ0n) is 38.3. The highest BCUT2D eigenvalue weighted by Gasteiger charge is 2.39. The Morgan fingerprint density at radius 1 is 0.405 bits per heavy atom. The number of carbonyl (C=O) groups is 1. The fourth-order valence-electron chi connectivity index (χ4n) is 9.05. The van der Waals surface area contributed by atoms with Crippen LogP contribution in [0.4, 0.5) is 52.7 Å². The average Bonchev–Trinajstić information content (AvgIpc) is 3.38. The lowest BCUT2D eigenvalue weighted by Crippen LogP contribution is -2.74. The van der Waals surface area contributed by atoms with E-state index in [2.05, 4.69) is 17.2 Å². The minimum Gasteiger partial charge on any atom is -0.289 e. The maximum atomic E-state index is 14.2. The van der Waals surface area contributed by atoms with E-state index in [4.69, 9.17) is 0 Å². The van der Waals surface area contributed by atoms with Gasteiger partial charge in [0.25, 0.3) is 0 Å². The number of fused-ring (bicyclic) bond motifs is 2. The Balaban J connectivity index is 0.000000201. The molecule has 374 valence electrons. The van der Waals surface area contributed by atoms with E-state index in [9.17, 15) is 61.7 Å². The standard InChI is InChI=1S/C30H21O2S.C28H16BF12/c31-29(30-27-17-9-7-13-24(27)21-25-14-8-10-18-28(25)30)22-33(32,26-15-5-2-6-16-26)20-19-23-11-3-1-4-12-23;30-25(31,32)17-1-9-21(10-2-17)29(22-11-3-18(4-12-22)26(33,34)35,23-13-5-19(6-14-23)27(36,37)38)24-15-7-20(8-16-24)28(39,40)41/h1-18,21H,22H2;1-16H/q+1;-1. The summed E-state index contributed by atoms with van der Waals surface area (Å²) in [4.78, 5) is 14.4. The number of ketones is 1. The molecule has 1 unspecified atom stereocenters. The predicted molar refractivity (Wildman–Crippen MR) is 267 cm³/mol. The van der Waals surface area contributed by atoms with Gasteiger partial charge in [-0.15, -0.1) is 0 Å². The van der Waals surface area contributed by atoms with E-state index >= 15 is 0 Å². The highest BCUT2D eigenvalue weighted by molar-refractivity contribution is 8.08. The Kier molecular flexibility index (Phi) is 14.6. The summed E-state index contributed by atoms with van der Waals surface area (Å²) in [5, 5.41) is 6.69. The van der Waals surface area contributed by atoms with Crippen molar-refractivity contribution in [1.82, 2.24) is 0 Å². The number of carbonyl (C=O) groups excluding carboxylic acids is 1. The molecular formula is C58H37BF12O2S. The molecule has 0 radical (unpaired) electrons. The van der Waals surface area contributed by atoms with E-state index in [1.54, 1.807) is 12.1 Å². The number of hydrogen-bond acceptors (Lipinski definition) is 2. The number of benzene rings is 9. The summed E-state index contributed by atoms with van der Waals surface area (Å²) in [6, 6.07) is 49.9. The smallest absolute Gasteiger partial charge is 0.289 e. The first-order valence-corrected chi connectivity index (χ1v) is 24.2. The van der Waals surface area contributed by atoms with Crippen LogP contribution in [0.3, 0.4) is 0 Å². The second-order valence-electron chi connectivity index (χ2n) is 17.2. The molecule has 16 heteroatoms. The molecule has 0 bridgehead atoms. The molecule has 74 heavy (non-hydrogen) atoms. The minimum absolute atomic E-state index is 0.0114. The molecule has 0 N–H and O–H groups in total. The third-order valence-electron chi connectivity index (χ3n) is 12.6. The van der Waals surface area contributed by atoms with Crippen LogP contribution >= 0.6 is 0 Å². The van der Waals surface area contributed by atoms with Crippen molar-refractivity contribution in [3.05, 3.63) is 246 Å². The summed E-state index contributed by atoms with van der Waals surface area (Å²) in [6.07, 6.45) is -22.0. The Morgan fingerprint density at radius 3 is 1.05 bits per heavy atom. The van der Waals surface area contributed by atoms with Crippen LogP contribution in [0, 0.1) is 11.2 Å². The van der Waals surface area contributed by atoms with Gasteiger partial charge in [0.2, 0.25) is 15.7 Å². The Hall–Kier alpha value is -7.90. The van der Waals surface area contributed by atoms with Crippen molar-refractivity contribution >= 4 is 65.3 Å². The van der Waals surface area contributed by atoms with Gasteiger partial charge >= 0.3 is 24.7 Å². The zero-order valence-corrected chi connectivity index (χ0v) is 39.1. The Morgan fingerprint density at radius 2 is 0.716 bits per heavy atom. The first kappa shape index (κ1) is 52.4. The largest absolute Gasteiger partial charge is 0.416 e. The van der Waals surface area contributed by atoms with Crippen LogP contribution in [0.2, 0.25) is 0 Å². The van der Waals surface area contributed by atoms with Gasteiger partial charge in [-0.05, 0) is 57.8 Å². The van der Waals surface area contributed by atoms with Crippen LogP contribution < -0.4 is 21.9 Å². The van der Waals surface area contributed by atoms with Gasteiger partial charge in [-0.25, -0.2) is 0 Å². The summed E-state index contributed by atoms with van der Waals surface area (Å²) in [5.74, 6) is 2.70. The number of Topliss-reactive ketones (excluding diaryl/α,β-unsaturated/α-hetero) is 1. The topological polar surface area (TPSA) is 34.1 Å². The van der Waals surface area contributed by atoms with Crippen LogP contribution in [-0.4, -0.2) is 17.7 Å². The van der Waals surface area contributed by atoms with Crippen LogP contribution in [0.5, 0.6) is 0 Å². The number of alkyl halides is 12. The van der Waals surface area contributed by atoms with Gasteiger partial charge in [-0.2, -0.15) is 74.5 Å². The van der Waals surface area contributed by atoms with Crippen molar-refractivity contribution in [2.75, 3.05) is 5.75 Å². The molecule has 0 saturated carbocycles. The molecule has 0 spiro atoms. The number of rotatable bonds is 8. The van der Waals surface area contributed by atoms with E-state index < -0.39 is 63.0 Å². The van der Waals surface area contributed by atoms with Gasteiger partial charge in [0.15, 0.2) is 15.9 Å². The summed E-state index contributed by atoms with van der Waals surface area (Å²) in [5.41, 5.74) is -2.92. The molecule has 0 aliphatic heterocycles. The molecule has 2 nitrogen and oxygen atoms in total. The maximum Gasteiger partial charge on any atom is 0.416 e. The van der Waals surface area contributed by atoms with E-state index in [1.807, 2.05) is 97.1 Å². The molecule has 0 amide bonds. The van der Waals surface area contributed by atoms with Crippen molar-refractivity contribution in [2.45, 2.75) is 29.6 Å². The second kappa shape index (κ2) is 20.5. The van der Waals surface area contributed by atoms with Crippen LogP contribution in [0.1, 0.15) is 38.2 Å². The predicted octanol–water partition coefficient (Wildman–Crippen LogP) is 13.9. The lowest BCUT2D eigenvalue weighted by Gasteiger charge is -2.44. The molecule has 0 aliphatic rings. The zero-order chi connectivity index (χ0) is 53.1. The molecular weight excluding hydrogens is 999 g/mol. The van der Waals surface area contributed by atoms with Gasteiger partial charge in [-0.3, -0.25) is 4.79 Å². The number of hydrogen-bond donors (Lipinski definition) is 0. The van der Waals surface area contributed by atoms with Gasteiger partial charge in [-0.1, -0.05) is 186 Å². The molecule has 9 rings (SSSR count). The van der Waals surface area contributed by atoms with Gasteiger partial charge in [0, 0.05) is 11.1 Å². The van der Waals surface area contributed by atoms with Crippen LogP contribution in [-0.2, 0) is 38.8 Å². The maximum absolute atomic E-state index is 14.2. The minimum atomic E-state index is -4.77. The molecule has 0 saturated heterocycles. The fourth-order valence-corrected chi connectivity index (χ4v) is 10.8. The van der Waals surface area contributed by atoms with E-state index in [-0.39, 0.29) is 33.4 Å². The van der Waals surface area contributed by atoms with E-state index in [0.717, 1.165) is 75.6 Å². The molecule has 0 fully saturated rings. The second-order valence-corrected chi connectivity index (χ2v) is 19.5. The molecule has 0 aliphatic carbocycles. The highest BCUT2D eigenvalue weighted by atomic mass is 32.2. The van der Waals surface area contributed by atoms with Crippen LogP contribution in [0.15, 0.2) is 217 Å². The number of halogens is 12. The van der Waals surface area contributed by atoms with E-state index in [0.29, 0.717) is 59.0 Å². The quantitative estimate of drug-likeness (QED) is 0.0380. The summed E-state index contributed by atoms with van der Waals surface area (Å²) >= 11 is 0. The van der Waals surface area contributed by atoms with Gasteiger partial charge in [0.1, 0.15) is 6.15 Å². The van der Waals surface area contributed by atoms with Crippen molar-refractivity contribution < 1.29 is 61.7 Å². The monoisotopic (exact) mass is 1040 g/mol. The summed E-state index contributed by atoms with van der Waals surface area (Å²) in [6.45, 7) is 0. The van der Waals surface area contributed by atoms with Gasteiger partial charge < -0.3 is 0 Å². The average molecular weight is 1040 g/mol. The summed E-state index contributed by atoms with van der Waals surface area (Å²) in [7, 11) is -2.96. The SMILES string of the molecule is FC(F)(F)c1ccc([B-](c2ccc(C(F)(F)F)cc2)(c2ccc(C(F)(F)F)cc2)c2ccc(C(F)(F)F)cc2)cc1.O=C(C[S+](=O)(C#Cc1ccccc1)c1ccccc1)c1c2ccccc2cc2ccccc12. The molecule has 9 aromatic rings. The molecule has 1 atom stereocenters. The van der Waals surface area contributed by atoms with Crippen molar-refractivity contribution in [2.24, 2.45) is 0 Å². The summed E-state index contributed by atoms with van der Waals surface area (Å²) < 4.78 is 174. The first-order chi connectivity index (χ1) is 35.0. The third-order valence-corrected chi connectivity index (χ3v) is 14.7. The van der Waals surface area contributed by atoms with E-state index in [1.165, 1.54) is 0 Å². The lowest BCUT2D eigenvalue weighted by molar-refractivity contribution is -0.138. The molecule has 0 heterocycles. The van der Waals surface area contributed by atoms with Crippen molar-refractivity contribution in [3.63, 3.8) is 0 Å². The normalized spacial score (nSPS) is 13.0. The highest BCUT2D eigenvalue weighted by Crippen LogP contribution is 2.34. The Labute approximate surface area is 417 Å². The molecule has 9 aromatic carbocycles. The lowest BCUT2D eigenvalue weighted by atomic mass is 9.13.